The summed E-state index contributed by atoms with van der Waals surface area (Å²) in [6, 6.07) is 22.7. The summed E-state index contributed by atoms with van der Waals surface area (Å²) in [4.78, 5) is 47.2. The minimum atomic E-state index is -0.578. The number of rotatable bonds is 25. The number of ether oxygens (including phenoxy) is 7. The Kier molecular flexibility index (Phi) is 17.9. The molecule has 0 saturated heterocycles. The number of aryl methyl sites for hydroxylation is 1. The zero-order chi connectivity index (χ0) is 40.8. The van der Waals surface area contributed by atoms with Crippen molar-refractivity contribution in [2.75, 3.05) is 39.6 Å². The van der Waals surface area contributed by atoms with E-state index in [1.54, 1.807) is 24.3 Å². The molecule has 0 heterocycles. The second kappa shape index (κ2) is 23.5. The van der Waals surface area contributed by atoms with Gasteiger partial charge in [-0.1, -0.05) is 50.9 Å². The first-order chi connectivity index (χ1) is 27.7. The van der Waals surface area contributed by atoms with Crippen LogP contribution in [0.5, 0.6) is 23.0 Å². The van der Waals surface area contributed by atoms with Gasteiger partial charge in [0.05, 0.1) is 45.2 Å². The molecule has 11 heteroatoms. The van der Waals surface area contributed by atoms with Gasteiger partial charge in [-0.2, -0.15) is 0 Å². The van der Waals surface area contributed by atoms with Gasteiger partial charge in [0.2, 0.25) is 0 Å². The van der Waals surface area contributed by atoms with Crippen LogP contribution in [0, 0.1) is 0 Å². The molecule has 4 rings (SSSR count). The van der Waals surface area contributed by atoms with Crippen molar-refractivity contribution in [1.29, 1.82) is 0 Å². The number of hydrogen-bond acceptors (Lipinski definition) is 11. The van der Waals surface area contributed by atoms with Crippen LogP contribution in [0.25, 0.3) is 21.9 Å². The number of hydrogen-bond donors (Lipinski definition) is 0. The van der Waals surface area contributed by atoms with Gasteiger partial charge in [-0.3, -0.25) is 0 Å². The maximum atomic E-state index is 13.4. The lowest BCUT2D eigenvalue weighted by Crippen LogP contribution is -2.11. The normalized spacial score (nSPS) is 10.5. The summed E-state index contributed by atoms with van der Waals surface area (Å²) in [6.45, 7) is 13.9. The zero-order valence-corrected chi connectivity index (χ0v) is 32.5. The Balaban J connectivity index is 1.38. The summed E-state index contributed by atoms with van der Waals surface area (Å²) in [5, 5.41) is 1.99. The molecule has 0 bridgehead atoms. The average molecular weight is 779 g/mol. The van der Waals surface area contributed by atoms with Gasteiger partial charge < -0.3 is 33.2 Å². The Morgan fingerprint density at radius 2 is 1.09 bits per heavy atom. The molecule has 11 nitrogen and oxygen atoms in total. The molecule has 0 saturated carbocycles. The van der Waals surface area contributed by atoms with Crippen LogP contribution in [0.1, 0.15) is 61.4 Å². The first-order valence-corrected chi connectivity index (χ1v) is 19.0. The maximum Gasteiger partial charge on any atom is 0.343 e. The van der Waals surface area contributed by atoms with Gasteiger partial charge in [0, 0.05) is 31.1 Å². The van der Waals surface area contributed by atoms with Gasteiger partial charge in [-0.15, -0.1) is 0 Å². The smallest absolute Gasteiger partial charge is 0.343 e. The van der Waals surface area contributed by atoms with Crippen LogP contribution in [-0.4, -0.2) is 63.5 Å². The van der Waals surface area contributed by atoms with Gasteiger partial charge in [0.15, 0.2) is 11.5 Å². The number of carbonyl (C=O) groups is 4. The fraction of sp³-hybridized carbons (Fsp3) is 0.304. The standard InChI is InChI=1S/C46H50O11/c1-5-33-29-37(34-15-19-38(20-16-34)51-23-11-9-10-12-24-54-43(47)6-2)30-35-17-21-39(32-40(33)35)57-46(50)36-18-22-41(52-25-13-27-55-44(48)7-3)42(31-36)53-26-14-28-56-45(49)8-4/h6-8,15-22,29-32H,2-5,9-14,23-28H2,1H3. The molecule has 57 heavy (non-hydrogen) atoms. The molecule has 0 spiro atoms. The molecule has 0 N–H and O–H groups in total. The van der Waals surface area contributed by atoms with Gasteiger partial charge in [-0.25, -0.2) is 19.2 Å². The third-order valence-electron chi connectivity index (χ3n) is 8.60. The average Bonchev–Trinajstić information content (AvgIpc) is 3.23. The number of esters is 4. The van der Waals surface area contributed by atoms with E-state index in [1.165, 1.54) is 6.08 Å². The van der Waals surface area contributed by atoms with E-state index < -0.39 is 17.9 Å². The van der Waals surface area contributed by atoms with Crippen LogP contribution < -0.4 is 18.9 Å². The third-order valence-corrected chi connectivity index (χ3v) is 8.60. The minimum absolute atomic E-state index is 0.129. The summed E-state index contributed by atoms with van der Waals surface area (Å²) < 4.78 is 38.6. The lowest BCUT2D eigenvalue weighted by atomic mass is 9.95. The van der Waals surface area contributed by atoms with E-state index in [2.05, 4.69) is 38.8 Å². The Hall–Kier alpha value is -6.36. The Morgan fingerprint density at radius 3 is 1.70 bits per heavy atom. The molecule has 0 aliphatic carbocycles. The highest BCUT2D eigenvalue weighted by molar-refractivity contribution is 5.94. The molecule has 4 aromatic carbocycles. The van der Waals surface area contributed by atoms with Gasteiger partial charge in [-0.05, 0) is 108 Å². The van der Waals surface area contributed by atoms with Crippen molar-refractivity contribution in [3.05, 3.63) is 122 Å². The highest BCUT2D eigenvalue weighted by Gasteiger charge is 2.16. The quantitative estimate of drug-likeness (QED) is 0.0210. The van der Waals surface area contributed by atoms with Crippen LogP contribution in [0.15, 0.2) is 111 Å². The predicted octanol–water partition coefficient (Wildman–Crippen LogP) is 8.95. The fourth-order valence-corrected chi connectivity index (χ4v) is 5.64. The van der Waals surface area contributed by atoms with E-state index in [9.17, 15) is 19.2 Å². The number of carbonyl (C=O) groups excluding carboxylic acids is 4. The van der Waals surface area contributed by atoms with E-state index in [1.807, 2.05) is 36.4 Å². The van der Waals surface area contributed by atoms with Crippen molar-refractivity contribution < 1.29 is 52.3 Å². The Bertz CT molecular complexity index is 2000. The summed E-state index contributed by atoms with van der Waals surface area (Å²) in [5.41, 5.74) is 3.48. The van der Waals surface area contributed by atoms with Crippen LogP contribution in [-0.2, 0) is 35.0 Å². The lowest BCUT2D eigenvalue weighted by Gasteiger charge is -2.15. The van der Waals surface area contributed by atoms with E-state index >= 15 is 0 Å². The molecule has 0 unspecified atom stereocenters. The Morgan fingerprint density at radius 1 is 0.526 bits per heavy atom. The van der Waals surface area contributed by atoms with Crippen molar-refractivity contribution in [1.82, 2.24) is 0 Å². The van der Waals surface area contributed by atoms with Crippen LogP contribution in [0.2, 0.25) is 0 Å². The monoisotopic (exact) mass is 778 g/mol. The molecule has 0 radical (unpaired) electrons. The predicted molar refractivity (Wildman–Crippen MR) is 218 cm³/mol. The van der Waals surface area contributed by atoms with Crippen LogP contribution in [0.4, 0.5) is 0 Å². The molecular weight excluding hydrogens is 728 g/mol. The molecule has 0 aliphatic heterocycles. The lowest BCUT2D eigenvalue weighted by molar-refractivity contribution is -0.138. The Labute approximate surface area is 333 Å². The SMILES string of the molecule is C=CC(=O)OCCCCCCOc1ccc(-c2cc(CC)c3cc(OC(=O)c4ccc(OCCCOC(=O)C=C)c(OCCCOC(=O)C=C)c4)ccc3c2)cc1. The van der Waals surface area contributed by atoms with Crippen molar-refractivity contribution in [2.24, 2.45) is 0 Å². The first kappa shape index (κ1) is 43.4. The molecule has 300 valence electrons. The second-order valence-corrected chi connectivity index (χ2v) is 12.7. The van der Waals surface area contributed by atoms with Crippen LogP contribution >= 0.6 is 0 Å². The molecule has 0 fully saturated rings. The highest BCUT2D eigenvalue weighted by atomic mass is 16.6. The van der Waals surface area contributed by atoms with Crippen molar-refractivity contribution in [3.63, 3.8) is 0 Å². The van der Waals surface area contributed by atoms with E-state index in [0.717, 1.165) is 77.5 Å². The molecule has 0 atom stereocenters. The van der Waals surface area contributed by atoms with Crippen molar-refractivity contribution in [2.45, 2.75) is 51.9 Å². The third kappa shape index (κ3) is 14.3. The van der Waals surface area contributed by atoms with Crippen molar-refractivity contribution in [3.8, 4) is 34.1 Å². The molecule has 0 amide bonds. The summed E-state index contributed by atoms with van der Waals surface area (Å²) in [6.07, 6.45) is 8.61. The molecule has 0 aromatic heterocycles. The summed E-state index contributed by atoms with van der Waals surface area (Å²) in [5.74, 6) is -0.122. The summed E-state index contributed by atoms with van der Waals surface area (Å²) >= 11 is 0. The van der Waals surface area contributed by atoms with Gasteiger partial charge in [0.1, 0.15) is 11.5 Å². The van der Waals surface area contributed by atoms with E-state index in [-0.39, 0.29) is 38.0 Å². The van der Waals surface area contributed by atoms with Crippen LogP contribution in [0.3, 0.4) is 0 Å². The number of unbranched alkanes of at least 4 members (excludes halogenated alkanes) is 3. The second-order valence-electron chi connectivity index (χ2n) is 12.7. The van der Waals surface area contributed by atoms with E-state index in [4.69, 9.17) is 33.2 Å². The van der Waals surface area contributed by atoms with E-state index in [0.29, 0.717) is 43.3 Å². The largest absolute Gasteiger partial charge is 0.494 e. The zero-order valence-electron chi connectivity index (χ0n) is 32.5. The molecule has 0 aliphatic rings. The van der Waals surface area contributed by atoms with Gasteiger partial charge in [0.25, 0.3) is 0 Å². The molecule has 4 aromatic rings. The fourth-order valence-electron chi connectivity index (χ4n) is 5.64. The van der Waals surface area contributed by atoms with Gasteiger partial charge >= 0.3 is 23.9 Å². The minimum Gasteiger partial charge on any atom is -0.494 e. The first-order valence-electron chi connectivity index (χ1n) is 19.0. The van der Waals surface area contributed by atoms with Crippen molar-refractivity contribution >= 4 is 34.6 Å². The summed E-state index contributed by atoms with van der Waals surface area (Å²) in [7, 11) is 0. The maximum absolute atomic E-state index is 13.4. The number of fused-ring (bicyclic) bond motifs is 1. The topological polar surface area (TPSA) is 133 Å². The highest BCUT2D eigenvalue weighted by Crippen LogP contribution is 2.33. The number of benzene rings is 4. The molecular formula is C46H50O11.